The van der Waals surface area contributed by atoms with E-state index in [1.54, 1.807) is 4.57 Å². The van der Waals surface area contributed by atoms with Crippen LogP contribution >= 0.6 is 0 Å². The van der Waals surface area contributed by atoms with E-state index < -0.39 is 0 Å². The molecule has 2 N–H and O–H groups in total. The number of aromatic nitrogens is 4. The fourth-order valence-corrected chi connectivity index (χ4v) is 2.20. The first-order chi connectivity index (χ1) is 8.75. The van der Waals surface area contributed by atoms with Crippen molar-refractivity contribution < 1.29 is 4.74 Å². The van der Waals surface area contributed by atoms with E-state index in [1.165, 1.54) is 6.33 Å². The molecule has 2 aromatic rings. The van der Waals surface area contributed by atoms with Crippen LogP contribution < -0.4 is 10.9 Å². The summed E-state index contributed by atoms with van der Waals surface area (Å²) < 4.78 is 7.06. The van der Waals surface area contributed by atoms with Gasteiger partial charge in [-0.05, 0) is 12.8 Å². The summed E-state index contributed by atoms with van der Waals surface area (Å²) in [5.41, 5.74) is 0.790. The molecule has 0 aromatic carbocycles. The molecule has 1 aliphatic heterocycles. The molecule has 0 bridgehead atoms. The van der Waals surface area contributed by atoms with Crippen LogP contribution in [0.3, 0.4) is 0 Å². The molecular weight excluding hydrogens is 234 g/mol. The van der Waals surface area contributed by atoms with Crippen LogP contribution in [0.4, 0.5) is 5.95 Å². The first kappa shape index (κ1) is 11.2. The number of fused-ring (bicyclic) bond motifs is 1. The Hall–Kier alpha value is -1.89. The normalized spacial score (nSPS) is 17.2. The molecule has 1 saturated heterocycles. The lowest BCUT2D eigenvalue weighted by Gasteiger charge is -2.23. The molecule has 0 spiro atoms. The van der Waals surface area contributed by atoms with E-state index in [0.717, 1.165) is 26.1 Å². The zero-order valence-corrected chi connectivity index (χ0v) is 10.1. The van der Waals surface area contributed by atoms with E-state index in [9.17, 15) is 4.79 Å². The third-order valence-corrected chi connectivity index (χ3v) is 3.23. The minimum Gasteiger partial charge on any atom is -0.381 e. The summed E-state index contributed by atoms with van der Waals surface area (Å²) in [5.74, 6) is 0.682. The maximum absolute atomic E-state index is 11.7. The van der Waals surface area contributed by atoms with Gasteiger partial charge in [-0.15, -0.1) is 0 Å². The molecule has 1 aliphatic rings. The van der Waals surface area contributed by atoms with Crippen LogP contribution in [0, 0.1) is 0 Å². The van der Waals surface area contributed by atoms with Crippen molar-refractivity contribution in [3.63, 3.8) is 0 Å². The second kappa shape index (κ2) is 4.41. The van der Waals surface area contributed by atoms with Crippen LogP contribution in [0.2, 0.25) is 0 Å². The molecule has 96 valence electrons. The van der Waals surface area contributed by atoms with Gasteiger partial charge < -0.3 is 19.6 Å². The highest BCUT2D eigenvalue weighted by Gasteiger charge is 2.17. The second-order valence-corrected chi connectivity index (χ2v) is 4.43. The number of imidazole rings is 1. The minimum absolute atomic E-state index is 0.171. The van der Waals surface area contributed by atoms with Gasteiger partial charge in [-0.1, -0.05) is 0 Å². The Labute approximate surface area is 103 Å². The molecule has 3 rings (SSSR count). The second-order valence-electron chi connectivity index (χ2n) is 4.43. The average molecular weight is 249 g/mol. The van der Waals surface area contributed by atoms with Crippen LogP contribution in [-0.2, 0) is 11.8 Å². The van der Waals surface area contributed by atoms with E-state index >= 15 is 0 Å². The first-order valence-corrected chi connectivity index (χ1v) is 6.00. The molecule has 0 unspecified atom stereocenters. The number of aryl methyl sites for hydroxylation is 1. The lowest BCUT2D eigenvalue weighted by molar-refractivity contribution is 0.0902. The highest BCUT2D eigenvalue weighted by atomic mass is 16.5. The molecule has 0 aliphatic carbocycles. The van der Waals surface area contributed by atoms with Gasteiger partial charge in [-0.2, -0.15) is 4.98 Å². The van der Waals surface area contributed by atoms with Gasteiger partial charge >= 0.3 is 0 Å². The predicted octanol–water partition coefficient (Wildman–Crippen LogP) is 0.247. The van der Waals surface area contributed by atoms with Gasteiger partial charge in [0.2, 0.25) is 5.95 Å². The van der Waals surface area contributed by atoms with Gasteiger partial charge in [0.15, 0.2) is 11.2 Å². The van der Waals surface area contributed by atoms with Crippen LogP contribution in [-0.4, -0.2) is 38.8 Å². The molecular formula is C11H15N5O2. The standard InChI is InChI=1S/C11H15N5O2/c1-16-8-9(12-6-13-10(8)17)15-11(16)14-7-2-4-18-5-3-7/h6-7H,2-5H2,1H3,(H2,12,13,14,15,17). The maximum atomic E-state index is 11.7. The summed E-state index contributed by atoms with van der Waals surface area (Å²) in [6, 6.07) is 0.341. The monoisotopic (exact) mass is 249 g/mol. The summed E-state index contributed by atoms with van der Waals surface area (Å²) in [7, 11) is 1.81. The van der Waals surface area contributed by atoms with Crippen molar-refractivity contribution in [3.8, 4) is 0 Å². The maximum Gasteiger partial charge on any atom is 0.277 e. The highest BCUT2D eigenvalue weighted by Crippen LogP contribution is 2.16. The van der Waals surface area contributed by atoms with Crippen molar-refractivity contribution in [3.05, 3.63) is 16.7 Å². The summed E-state index contributed by atoms with van der Waals surface area (Å²) in [6.07, 6.45) is 3.27. The van der Waals surface area contributed by atoms with Crippen molar-refractivity contribution in [2.75, 3.05) is 18.5 Å². The Kier molecular flexibility index (Phi) is 2.75. The third-order valence-electron chi connectivity index (χ3n) is 3.23. The van der Waals surface area contributed by atoms with E-state index in [0.29, 0.717) is 23.2 Å². The van der Waals surface area contributed by atoms with Crippen LogP contribution in [0.1, 0.15) is 12.8 Å². The molecule has 7 heteroatoms. The molecule has 0 saturated carbocycles. The summed E-state index contributed by atoms with van der Waals surface area (Å²) in [4.78, 5) is 22.7. The molecule has 7 nitrogen and oxygen atoms in total. The van der Waals surface area contributed by atoms with Gasteiger partial charge in [0.25, 0.3) is 5.56 Å². The molecule has 0 amide bonds. The van der Waals surface area contributed by atoms with Crippen molar-refractivity contribution in [2.24, 2.45) is 7.05 Å². The lowest BCUT2D eigenvalue weighted by Crippen LogP contribution is -2.29. The lowest BCUT2D eigenvalue weighted by atomic mass is 10.1. The van der Waals surface area contributed by atoms with E-state index in [-0.39, 0.29) is 5.56 Å². The molecule has 3 heterocycles. The number of ether oxygens (including phenoxy) is 1. The van der Waals surface area contributed by atoms with Gasteiger partial charge in [-0.3, -0.25) is 4.79 Å². The summed E-state index contributed by atoms with van der Waals surface area (Å²) >= 11 is 0. The van der Waals surface area contributed by atoms with Crippen molar-refractivity contribution in [1.29, 1.82) is 0 Å². The van der Waals surface area contributed by atoms with Gasteiger partial charge in [0.1, 0.15) is 0 Å². The molecule has 2 aromatic heterocycles. The van der Waals surface area contributed by atoms with Gasteiger partial charge in [0.05, 0.1) is 6.33 Å². The Morgan fingerprint density at radius 2 is 2.28 bits per heavy atom. The van der Waals surface area contributed by atoms with Crippen molar-refractivity contribution >= 4 is 17.1 Å². The first-order valence-electron chi connectivity index (χ1n) is 6.00. The van der Waals surface area contributed by atoms with Gasteiger partial charge in [-0.25, -0.2) is 4.98 Å². The topological polar surface area (TPSA) is 84.8 Å². The SMILES string of the molecule is Cn1c(NC2CCOCC2)nc2nc[nH]c(=O)c21. The number of rotatable bonds is 2. The van der Waals surface area contributed by atoms with E-state index in [1.807, 2.05) is 7.05 Å². The van der Waals surface area contributed by atoms with E-state index in [2.05, 4.69) is 20.3 Å². The number of nitrogens with zero attached hydrogens (tertiary/aromatic N) is 3. The quantitative estimate of drug-likeness (QED) is 0.796. The number of hydrogen-bond donors (Lipinski definition) is 2. The smallest absolute Gasteiger partial charge is 0.277 e. The fourth-order valence-electron chi connectivity index (χ4n) is 2.20. The number of anilines is 1. The number of aromatic amines is 1. The molecule has 1 fully saturated rings. The Balaban J connectivity index is 1.94. The van der Waals surface area contributed by atoms with E-state index in [4.69, 9.17) is 4.74 Å². The highest BCUT2D eigenvalue weighted by molar-refractivity contribution is 5.73. The average Bonchev–Trinajstić information content (AvgIpc) is 2.69. The number of nitrogens with one attached hydrogen (secondary N) is 2. The molecule has 18 heavy (non-hydrogen) atoms. The predicted molar refractivity (Wildman–Crippen MR) is 66.6 cm³/mol. The molecule has 0 radical (unpaired) electrons. The Bertz CT molecular complexity index is 611. The molecule has 0 atom stereocenters. The zero-order valence-electron chi connectivity index (χ0n) is 10.1. The summed E-state index contributed by atoms with van der Waals surface area (Å²) in [6.45, 7) is 1.53. The van der Waals surface area contributed by atoms with Crippen LogP contribution in [0.15, 0.2) is 11.1 Å². The van der Waals surface area contributed by atoms with Crippen molar-refractivity contribution in [1.82, 2.24) is 19.5 Å². The number of H-pyrrole nitrogens is 1. The fraction of sp³-hybridized carbons (Fsp3) is 0.545. The van der Waals surface area contributed by atoms with Crippen molar-refractivity contribution in [2.45, 2.75) is 18.9 Å². The van der Waals surface area contributed by atoms with Gasteiger partial charge in [0, 0.05) is 26.3 Å². The number of hydrogen-bond acceptors (Lipinski definition) is 5. The Morgan fingerprint density at radius 1 is 1.50 bits per heavy atom. The Morgan fingerprint density at radius 3 is 3.00 bits per heavy atom. The van der Waals surface area contributed by atoms with Crippen LogP contribution in [0.25, 0.3) is 11.2 Å². The largest absolute Gasteiger partial charge is 0.381 e. The third kappa shape index (κ3) is 1.86. The van der Waals surface area contributed by atoms with Crippen LogP contribution in [0.5, 0.6) is 0 Å². The zero-order chi connectivity index (χ0) is 12.5. The summed E-state index contributed by atoms with van der Waals surface area (Å²) in [5, 5.41) is 3.34. The minimum atomic E-state index is -0.171.